The molecule has 0 saturated heterocycles. The van der Waals surface area contributed by atoms with Crippen molar-refractivity contribution in [1.29, 1.82) is 0 Å². The lowest BCUT2D eigenvalue weighted by molar-refractivity contribution is 0.191. The maximum absolute atomic E-state index is 10.7. The van der Waals surface area contributed by atoms with Crippen LogP contribution in [0.5, 0.6) is 0 Å². The number of amides is 2. The largest absolute Gasteiger partial charge is 1.00 e. The van der Waals surface area contributed by atoms with Crippen LogP contribution in [-0.2, 0) is 0 Å². The predicted octanol–water partition coefficient (Wildman–Crippen LogP) is 2.60. The van der Waals surface area contributed by atoms with Crippen molar-refractivity contribution in [2.24, 2.45) is 0 Å². The number of fused-ring (bicyclic) bond motifs is 1. The van der Waals surface area contributed by atoms with Gasteiger partial charge in [0.05, 0.1) is 5.52 Å². The summed E-state index contributed by atoms with van der Waals surface area (Å²) in [6, 6.07) is 7.76. The van der Waals surface area contributed by atoms with Crippen molar-refractivity contribution in [2.45, 2.75) is 0 Å². The molecule has 0 saturated carbocycles. The molecule has 6 nitrogen and oxygen atoms in total. The van der Waals surface area contributed by atoms with Gasteiger partial charge in [0.15, 0.2) is 0 Å². The summed E-state index contributed by atoms with van der Waals surface area (Å²) in [7, 11) is 0.898. The van der Waals surface area contributed by atoms with Gasteiger partial charge in [-0.05, 0) is 12.1 Å². The van der Waals surface area contributed by atoms with E-state index in [-0.39, 0.29) is 7.46 Å². The lowest BCUT2D eigenvalue weighted by Gasteiger charge is -2.16. The topological polar surface area (TPSA) is 65.1 Å². The molecule has 0 bridgehead atoms. The number of carbonyl (C=O) groups excluding carboxylic acids is 1. The second-order valence-electron chi connectivity index (χ2n) is 4.40. The van der Waals surface area contributed by atoms with Gasteiger partial charge in [-0.1, -0.05) is 17.3 Å². The Morgan fingerprint density at radius 1 is 1.09 bits per heavy atom. The number of hydrogen-bond donors (Lipinski definition) is 1. The number of carbonyl (C=O) groups is 1. The van der Waals surface area contributed by atoms with Crippen LogP contribution < -0.4 is 0 Å². The average Bonchev–Trinajstić information content (AvgIpc) is 2.84. The Morgan fingerprint density at radius 3 is 1.91 bits per heavy atom. The van der Waals surface area contributed by atoms with Crippen LogP contribution in [0.25, 0.3) is 11.0 Å². The van der Waals surface area contributed by atoms with Crippen molar-refractivity contribution < 1.29 is 23.5 Å². The molecular formula is C11H18BF4N5O. The summed E-state index contributed by atoms with van der Waals surface area (Å²) in [5.41, 5.74) is 1.90. The minimum Gasteiger partial charge on any atom is -0.418 e. The number of benzene rings is 1. The first kappa shape index (κ1) is 19.7. The summed E-state index contributed by atoms with van der Waals surface area (Å²) >= 11 is 0. The first-order chi connectivity index (χ1) is 10.0. The molecule has 0 fully saturated rings. The molecule has 2 aromatic rings. The highest BCUT2D eigenvalue weighted by molar-refractivity contribution is 6.50. The zero-order valence-corrected chi connectivity index (χ0v) is 12.6. The molecule has 124 valence electrons. The quantitative estimate of drug-likeness (QED) is 0.599. The monoisotopic (exact) mass is 323 g/mol. The molecule has 0 atom stereocenters. The number of hydrogen-bond acceptors (Lipinski definition) is 3. The maximum Gasteiger partial charge on any atom is 1.00 e. The number of nitrogens with one attached hydrogen (secondary N) is 1. The van der Waals surface area contributed by atoms with E-state index in [1.54, 1.807) is 28.2 Å². The Hall–Kier alpha value is -2.33. The Kier molecular flexibility index (Phi) is 7.91. The number of nitrogens with zero attached hydrogens (tertiary/aromatic N) is 4. The van der Waals surface area contributed by atoms with Crippen molar-refractivity contribution in [3.8, 4) is 0 Å². The summed E-state index contributed by atoms with van der Waals surface area (Å²) in [6.45, 7) is 0. The van der Waals surface area contributed by atoms with Crippen molar-refractivity contribution >= 4 is 24.3 Å². The molecule has 1 heterocycles. The van der Waals surface area contributed by atoms with Gasteiger partial charge in [-0.15, -0.1) is 5.10 Å². The van der Waals surface area contributed by atoms with Gasteiger partial charge in [0.2, 0.25) is 0 Å². The molecule has 2 amide bonds. The summed E-state index contributed by atoms with van der Waals surface area (Å²) < 4.78 is 39.0. The van der Waals surface area contributed by atoms with E-state index in [2.05, 4.69) is 15.4 Å². The van der Waals surface area contributed by atoms with Crippen molar-refractivity contribution in [3.05, 3.63) is 24.3 Å². The van der Waals surface area contributed by atoms with Crippen molar-refractivity contribution in [1.82, 2.24) is 25.2 Å². The molecule has 11 heteroatoms. The summed E-state index contributed by atoms with van der Waals surface area (Å²) in [4.78, 5) is 13.8. The molecule has 22 heavy (non-hydrogen) atoms. The van der Waals surface area contributed by atoms with Gasteiger partial charge in [0.1, 0.15) is 5.52 Å². The summed E-state index contributed by atoms with van der Waals surface area (Å²) in [6.07, 6.45) is 0. The normalized spacial score (nSPS) is 10.0. The van der Waals surface area contributed by atoms with E-state index < -0.39 is 7.25 Å². The molecule has 1 aromatic heterocycles. The van der Waals surface area contributed by atoms with Crippen molar-refractivity contribution in [3.63, 3.8) is 0 Å². The molecule has 1 aromatic carbocycles. The zero-order valence-electron chi connectivity index (χ0n) is 13.6. The van der Waals surface area contributed by atoms with Crippen LogP contribution in [0.2, 0.25) is 0 Å². The lowest BCUT2D eigenvalue weighted by atomic mass is 10.3. The second-order valence-corrected chi connectivity index (χ2v) is 4.40. The third kappa shape index (κ3) is 9.56. The molecule has 0 spiro atoms. The summed E-state index contributed by atoms with van der Waals surface area (Å²) in [5.74, 6) is 0. The Bertz CT molecular complexity index is 533. The van der Waals surface area contributed by atoms with E-state index in [9.17, 15) is 22.1 Å². The highest BCUT2D eigenvalue weighted by Crippen LogP contribution is 2.06. The third-order valence-electron chi connectivity index (χ3n) is 2.00. The lowest BCUT2D eigenvalue weighted by Crippen LogP contribution is -2.33. The van der Waals surface area contributed by atoms with Gasteiger partial charge >= 0.3 is 14.7 Å². The van der Waals surface area contributed by atoms with Crippen LogP contribution in [0.1, 0.15) is 1.43 Å². The molecule has 1 N–H and O–H groups in total. The third-order valence-corrected chi connectivity index (χ3v) is 2.00. The van der Waals surface area contributed by atoms with E-state index in [1.807, 2.05) is 24.3 Å². The number of para-hydroxylation sites is 1. The van der Waals surface area contributed by atoms with Gasteiger partial charge < -0.3 is 27.1 Å². The minimum atomic E-state index is -6.00. The average molecular weight is 323 g/mol. The standard InChI is InChI=1S/C6H5N3.C5H12N2O.BF4/c1-2-4-6-5(3-1)7-9-8-6;1-6(2)5(8)7(3)4;2-1(3,4)5/h1-4H,(H,7,8,9);1-4H3;/q;;-1/p+1. The van der Waals surface area contributed by atoms with E-state index in [4.69, 9.17) is 0 Å². The highest BCUT2D eigenvalue weighted by Gasteiger charge is 2.20. The fourth-order valence-corrected chi connectivity index (χ4v) is 1.19. The number of urea groups is 1. The molecular weight excluding hydrogens is 305 g/mol. The van der Waals surface area contributed by atoms with Crippen LogP contribution >= 0.6 is 0 Å². The number of rotatable bonds is 0. The van der Waals surface area contributed by atoms with Crippen LogP contribution in [0.3, 0.4) is 0 Å². The molecule has 0 aliphatic carbocycles. The first-order valence-corrected chi connectivity index (χ1v) is 6.04. The van der Waals surface area contributed by atoms with E-state index in [0.717, 1.165) is 11.0 Å². The number of aromatic amines is 1. The van der Waals surface area contributed by atoms with E-state index >= 15 is 0 Å². The Morgan fingerprint density at radius 2 is 1.55 bits per heavy atom. The SMILES string of the molecule is CN(C)C(=O)N(C)C.F[B-](F)(F)F.[H+].c1ccc2[nH]nnc2c1. The van der Waals surface area contributed by atoms with Crippen molar-refractivity contribution in [2.75, 3.05) is 28.2 Å². The van der Waals surface area contributed by atoms with E-state index in [0.29, 0.717) is 0 Å². The van der Waals surface area contributed by atoms with Gasteiger partial charge in [0.25, 0.3) is 0 Å². The fourth-order valence-electron chi connectivity index (χ4n) is 1.19. The first-order valence-electron chi connectivity index (χ1n) is 6.04. The molecule has 0 radical (unpaired) electrons. The second kappa shape index (κ2) is 8.85. The maximum atomic E-state index is 10.7. The number of aromatic nitrogens is 3. The molecule has 2 rings (SSSR count). The number of H-pyrrole nitrogens is 1. The fraction of sp³-hybridized carbons (Fsp3) is 0.364. The minimum absolute atomic E-state index is 0. The van der Waals surface area contributed by atoms with Gasteiger partial charge in [0, 0.05) is 28.2 Å². The van der Waals surface area contributed by atoms with Crippen LogP contribution in [-0.4, -0.2) is 66.7 Å². The van der Waals surface area contributed by atoms with Gasteiger partial charge in [-0.2, -0.15) is 0 Å². The predicted molar refractivity (Wildman–Crippen MR) is 78.0 cm³/mol. The van der Waals surface area contributed by atoms with Gasteiger partial charge in [-0.3, -0.25) is 5.10 Å². The Labute approximate surface area is 126 Å². The van der Waals surface area contributed by atoms with Crippen LogP contribution in [0.15, 0.2) is 24.3 Å². The summed E-state index contributed by atoms with van der Waals surface area (Å²) in [5, 5.41) is 10.2. The van der Waals surface area contributed by atoms with E-state index in [1.165, 1.54) is 9.80 Å². The molecule has 0 aliphatic rings. The Balaban J connectivity index is 0. The zero-order chi connectivity index (χ0) is 17.3. The van der Waals surface area contributed by atoms with Gasteiger partial charge in [-0.25, -0.2) is 4.79 Å². The van der Waals surface area contributed by atoms with Crippen LogP contribution in [0, 0.1) is 0 Å². The highest BCUT2D eigenvalue weighted by atomic mass is 19.5. The number of halogens is 4. The molecule has 0 aliphatic heterocycles. The molecule has 0 unspecified atom stereocenters. The van der Waals surface area contributed by atoms with Crippen LogP contribution in [0.4, 0.5) is 22.1 Å². The smallest absolute Gasteiger partial charge is 0.418 e.